The van der Waals surface area contributed by atoms with Gasteiger partial charge in [-0.25, -0.2) is 4.39 Å². The van der Waals surface area contributed by atoms with Crippen molar-refractivity contribution >= 4 is 17.6 Å². The summed E-state index contributed by atoms with van der Waals surface area (Å²) < 4.78 is 22.6. The molecule has 6 heteroatoms. The first kappa shape index (κ1) is 13.3. The number of rotatable bonds is 4. The van der Waals surface area contributed by atoms with E-state index in [1.807, 2.05) is 0 Å². The van der Waals surface area contributed by atoms with Crippen LogP contribution < -0.4 is 9.64 Å². The zero-order chi connectivity index (χ0) is 13.8. The van der Waals surface area contributed by atoms with E-state index in [2.05, 4.69) is 4.74 Å². The number of methoxy groups -OCH3 is 1. The van der Waals surface area contributed by atoms with Crippen molar-refractivity contribution in [2.45, 2.75) is 12.5 Å². The number of anilines is 1. The lowest BCUT2D eigenvalue weighted by molar-refractivity contribution is -0.145. The van der Waals surface area contributed by atoms with Crippen LogP contribution in [0.5, 0.6) is 5.75 Å². The van der Waals surface area contributed by atoms with Gasteiger partial charge < -0.3 is 14.4 Å². The molecule has 0 aromatic heterocycles. The second kappa shape index (κ2) is 5.69. The Morgan fingerprint density at radius 2 is 2.21 bits per heavy atom. The van der Waals surface area contributed by atoms with Crippen LogP contribution in [-0.2, 0) is 14.3 Å². The van der Waals surface area contributed by atoms with Gasteiger partial charge >= 0.3 is 5.97 Å². The predicted molar refractivity (Wildman–Crippen MR) is 65.8 cm³/mol. The van der Waals surface area contributed by atoms with Crippen molar-refractivity contribution in [3.8, 4) is 5.75 Å². The Balaban J connectivity index is 2.28. The molecule has 0 bridgehead atoms. The second-order valence-corrected chi connectivity index (χ2v) is 4.03. The highest BCUT2D eigenvalue weighted by Crippen LogP contribution is 2.34. The first-order valence-corrected chi connectivity index (χ1v) is 5.87. The first-order chi connectivity index (χ1) is 9.17. The highest BCUT2D eigenvalue weighted by Gasteiger charge is 2.35. The van der Waals surface area contributed by atoms with Crippen LogP contribution >= 0.6 is 0 Å². The van der Waals surface area contributed by atoms with E-state index in [0.717, 1.165) is 0 Å². The molecule has 0 N–H and O–H groups in total. The van der Waals surface area contributed by atoms with E-state index in [0.29, 0.717) is 11.4 Å². The molecular weight excluding hydrogens is 253 g/mol. The minimum atomic E-state index is -0.964. The van der Waals surface area contributed by atoms with Gasteiger partial charge in [0.2, 0.25) is 0 Å². The van der Waals surface area contributed by atoms with Crippen LogP contribution in [0.1, 0.15) is 6.42 Å². The van der Waals surface area contributed by atoms with E-state index in [1.54, 1.807) is 24.3 Å². The number of carbonyl (C=O) groups is 2. The number of hydrogen-bond donors (Lipinski definition) is 0. The van der Waals surface area contributed by atoms with E-state index in [9.17, 15) is 14.0 Å². The number of ether oxygens (including phenoxy) is 2. The summed E-state index contributed by atoms with van der Waals surface area (Å²) in [5.74, 6) is -0.510. The van der Waals surface area contributed by atoms with Gasteiger partial charge in [0, 0.05) is 0 Å². The zero-order valence-corrected chi connectivity index (χ0v) is 10.5. The highest BCUT2D eigenvalue weighted by atomic mass is 19.1. The molecule has 0 saturated heterocycles. The molecule has 2 rings (SSSR count). The van der Waals surface area contributed by atoms with Crippen molar-refractivity contribution in [2.24, 2.45) is 0 Å². The van der Waals surface area contributed by atoms with Crippen LogP contribution in [0.15, 0.2) is 24.3 Å². The zero-order valence-electron chi connectivity index (χ0n) is 10.5. The number of amides is 1. The molecule has 0 fully saturated rings. The molecule has 102 valence electrons. The van der Waals surface area contributed by atoms with Crippen LogP contribution in [-0.4, -0.2) is 38.3 Å². The van der Waals surface area contributed by atoms with Gasteiger partial charge in [0.15, 0.2) is 6.10 Å². The van der Waals surface area contributed by atoms with Gasteiger partial charge in [-0.05, 0) is 12.1 Å². The van der Waals surface area contributed by atoms with Gasteiger partial charge in [-0.1, -0.05) is 12.1 Å². The van der Waals surface area contributed by atoms with Crippen molar-refractivity contribution in [3.63, 3.8) is 0 Å². The van der Waals surface area contributed by atoms with Crippen LogP contribution in [0.25, 0.3) is 0 Å². The number of halogens is 1. The number of alkyl halides is 1. The largest absolute Gasteiger partial charge is 0.478 e. The molecule has 19 heavy (non-hydrogen) atoms. The summed E-state index contributed by atoms with van der Waals surface area (Å²) >= 11 is 0. The Bertz CT molecular complexity index is 491. The quantitative estimate of drug-likeness (QED) is 0.772. The van der Waals surface area contributed by atoms with Crippen molar-refractivity contribution in [1.29, 1.82) is 0 Å². The van der Waals surface area contributed by atoms with Gasteiger partial charge in [-0.15, -0.1) is 0 Å². The fourth-order valence-electron chi connectivity index (χ4n) is 1.95. The minimum Gasteiger partial charge on any atom is -0.478 e. The molecule has 0 unspecified atom stereocenters. The first-order valence-electron chi connectivity index (χ1n) is 5.87. The molecule has 1 atom stereocenters. The summed E-state index contributed by atoms with van der Waals surface area (Å²) in [6.45, 7) is -0.720. The molecule has 1 aromatic carbocycles. The van der Waals surface area contributed by atoms with E-state index >= 15 is 0 Å². The molecule has 1 aliphatic heterocycles. The molecule has 1 heterocycles. The Hall–Kier alpha value is -2.11. The maximum Gasteiger partial charge on any atom is 0.309 e. The summed E-state index contributed by atoms with van der Waals surface area (Å²) in [7, 11) is 1.24. The van der Waals surface area contributed by atoms with Gasteiger partial charge in [0.05, 0.1) is 25.8 Å². The van der Waals surface area contributed by atoms with Gasteiger partial charge in [0.1, 0.15) is 12.4 Å². The molecule has 0 spiro atoms. The van der Waals surface area contributed by atoms with E-state index < -0.39 is 24.7 Å². The summed E-state index contributed by atoms with van der Waals surface area (Å²) in [4.78, 5) is 24.7. The smallest absolute Gasteiger partial charge is 0.309 e. The van der Waals surface area contributed by atoms with Gasteiger partial charge in [0.25, 0.3) is 5.91 Å². The number of hydrogen-bond acceptors (Lipinski definition) is 4. The Labute approximate surface area is 109 Å². The number of fused-ring (bicyclic) bond motifs is 1. The number of benzene rings is 1. The third kappa shape index (κ3) is 2.67. The lowest BCUT2D eigenvalue weighted by Crippen LogP contribution is -2.47. The monoisotopic (exact) mass is 267 g/mol. The van der Waals surface area contributed by atoms with Crippen molar-refractivity contribution in [3.05, 3.63) is 24.3 Å². The van der Waals surface area contributed by atoms with E-state index in [-0.39, 0.29) is 13.0 Å². The van der Waals surface area contributed by atoms with Crippen LogP contribution in [0.4, 0.5) is 10.1 Å². The Kier molecular flexibility index (Phi) is 3.99. The second-order valence-electron chi connectivity index (χ2n) is 4.03. The molecule has 0 radical (unpaired) electrons. The van der Waals surface area contributed by atoms with Crippen molar-refractivity contribution in [2.75, 3.05) is 25.2 Å². The summed E-state index contributed by atoms with van der Waals surface area (Å²) in [5, 5.41) is 0. The van der Waals surface area contributed by atoms with Crippen LogP contribution in [0, 0.1) is 0 Å². The van der Waals surface area contributed by atoms with Gasteiger partial charge in [-0.3, -0.25) is 9.59 Å². The Morgan fingerprint density at radius 1 is 1.47 bits per heavy atom. The molecule has 1 aliphatic rings. The normalized spacial score (nSPS) is 17.7. The van der Waals surface area contributed by atoms with Crippen LogP contribution in [0.2, 0.25) is 0 Å². The topological polar surface area (TPSA) is 55.8 Å². The lowest BCUT2D eigenvalue weighted by atomic mass is 10.1. The number of carbonyl (C=O) groups excluding carboxylic acids is 2. The third-order valence-electron chi connectivity index (χ3n) is 2.85. The highest BCUT2D eigenvalue weighted by molar-refractivity contribution is 6.01. The summed E-state index contributed by atoms with van der Waals surface area (Å²) in [5.41, 5.74) is 0.520. The number of para-hydroxylation sites is 2. The predicted octanol–water partition coefficient (Wildman–Crippen LogP) is 1.31. The summed E-state index contributed by atoms with van der Waals surface area (Å²) in [6, 6.07) is 6.84. The third-order valence-corrected chi connectivity index (χ3v) is 2.85. The molecular formula is C13H14FNO4. The number of nitrogens with zero attached hydrogens (tertiary/aromatic N) is 1. The van der Waals surface area contributed by atoms with Crippen LogP contribution in [0.3, 0.4) is 0 Å². The van der Waals surface area contributed by atoms with Crippen molar-refractivity contribution in [1.82, 2.24) is 0 Å². The fourth-order valence-corrected chi connectivity index (χ4v) is 1.95. The Morgan fingerprint density at radius 3 is 2.89 bits per heavy atom. The molecule has 5 nitrogen and oxygen atoms in total. The van der Waals surface area contributed by atoms with Crippen molar-refractivity contribution < 1.29 is 23.5 Å². The average molecular weight is 267 g/mol. The lowest BCUT2D eigenvalue weighted by Gasteiger charge is -2.33. The fraction of sp³-hybridized carbons (Fsp3) is 0.385. The average Bonchev–Trinajstić information content (AvgIpc) is 2.43. The summed E-state index contributed by atoms with van der Waals surface area (Å²) in [6.07, 6.45) is -1.15. The standard InChI is InChI=1S/C13H14FNO4/c1-18-12(16)8-11-13(17)15(7-6-14)9-4-2-3-5-10(9)19-11/h2-5,11H,6-8H2,1H3/t11-/m0/s1. The molecule has 1 aromatic rings. The maximum atomic E-state index is 12.6. The molecule has 1 amide bonds. The molecule has 0 aliphatic carbocycles. The molecule has 0 saturated carbocycles. The number of esters is 1. The minimum absolute atomic E-state index is 0.0587. The SMILES string of the molecule is COC(=O)C[C@@H]1Oc2ccccc2N(CCF)C1=O. The van der Waals surface area contributed by atoms with Gasteiger partial charge in [-0.2, -0.15) is 0 Å². The maximum absolute atomic E-state index is 12.6. The van der Waals surface area contributed by atoms with E-state index in [4.69, 9.17) is 4.74 Å². The van der Waals surface area contributed by atoms with E-state index in [1.165, 1.54) is 12.0 Å².